The first kappa shape index (κ1) is 17.6. The van der Waals surface area contributed by atoms with Gasteiger partial charge in [-0.05, 0) is 17.7 Å². The Bertz CT molecular complexity index is 661. The first-order valence-corrected chi connectivity index (χ1v) is 7.56. The zero-order valence-electron chi connectivity index (χ0n) is 13.8. The number of nitrogens with two attached hydrogens (primary N) is 1. The Morgan fingerprint density at radius 1 is 1.08 bits per heavy atom. The van der Waals surface area contributed by atoms with Gasteiger partial charge in [0.1, 0.15) is 12.6 Å². The molecule has 1 amide bonds. The van der Waals surface area contributed by atoms with E-state index < -0.39 is 11.9 Å². The quantitative estimate of drug-likeness (QED) is 0.690. The molecule has 0 aromatic heterocycles. The number of carbonyl (C=O) groups is 1. The molecule has 0 fully saturated rings. The minimum Gasteiger partial charge on any atom is -0.493 e. The van der Waals surface area contributed by atoms with Crippen LogP contribution in [-0.4, -0.2) is 33.3 Å². The molecule has 0 aliphatic rings. The van der Waals surface area contributed by atoms with E-state index in [1.165, 1.54) is 0 Å². The first-order chi connectivity index (χ1) is 11.7. The monoisotopic (exact) mass is 330 g/mol. The zero-order chi connectivity index (χ0) is 17.4. The topological polar surface area (TPSA) is 82.8 Å². The van der Waals surface area contributed by atoms with Gasteiger partial charge >= 0.3 is 0 Å². The van der Waals surface area contributed by atoms with Crippen molar-refractivity contribution in [2.45, 2.75) is 6.04 Å². The van der Waals surface area contributed by atoms with Crippen LogP contribution in [0.4, 0.5) is 5.69 Å². The summed E-state index contributed by atoms with van der Waals surface area (Å²) in [5, 5.41) is 3.14. The molecular weight excluding hydrogens is 308 g/mol. The summed E-state index contributed by atoms with van der Waals surface area (Å²) in [7, 11) is 3.18. The molecule has 128 valence electrons. The average molecular weight is 330 g/mol. The second-order valence-corrected chi connectivity index (χ2v) is 5.10. The highest BCUT2D eigenvalue weighted by Gasteiger charge is 2.18. The van der Waals surface area contributed by atoms with Gasteiger partial charge in [-0.3, -0.25) is 4.79 Å². The van der Waals surface area contributed by atoms with Crippen LogP contribution >= 0.6 is 0 Å². The molecule has 6 nitrogen and oxygen atoms in total. The third kappa shape index (κ3) is 4.63. The van der Waals surface area contributed by atoms with E-state index >= 15 is 0 Å². The molecule has 1 atom stereocenters. The molecule has 24 heavy (non-hydrogen) atoms. The standard InChI is InChI=1S/C18H22N2O4/c1-22-10-11-24-16-12-14(8-9-15(16)23-2)20-17(18(19)21)13-6-4-3-5-7-13/h3-9,12,17,20H,10-11H2,1-2H3,(H2,19,21)/t17-/m1/s1. The second kappa shape index (κ2) is 8.79. The minimum absolute atomic E-state index is 0.397. The lowest BCUT2D eigenvalue weighted by atomic mass is 10.1. The van der Waals surface area contributed by atoms with E-state index in [1.807, 2.05) is 30.3 Å². The van der Waals surface area contributed by atoms with Gasteiger partial charge in [-0.15, -0.1) is 0 Å². The van der Waals surface area contributed by atoms with Gasteiger partial charge in [-0.2, -0.15) is 0 Å². The molecule has 0 aliphatic heterocycles. The van der Waals surface area contributed by atoms with E-state index in [2.05, 4.69) is 5.32 Å². The number of ether oxygens (including phenoxy) is 3. The molecule has 0 radical (unpaired) electrons. The third-order valence-corrected chi connectivity index (χ3v) is 3.44. The summed E-state index contributed by atoms with van der Waals surface area (Å²) in [4.78, 5) is 11.8. The number of hydrogen-bond acceptors (Lipinski definition) is 5. The Kier molecular flexibility index (Phi) is 6.45. The van der Waals surface area contributed by atoms with Crippen LogP contribution in [0.5, 0.6) is 11.5 Å². The lowest BCUT2D eigenvalue weighted by Gasteiger charge is -2.18. The number of methoxy groups -OCH3 is 2. The molecule has 2 aromatic rings. The van der Waals surface area contributed by atoms with Crippen molar-refractivity contribution in [1.29, 1.82) is 0 Å². The number of amides is 1. The van der Waals surface area contributed by atoms with Crippen LogP contribution in [0.1, 0.15) is 11.6 Å². The van der Waals surface area contributed by atoms with Gasteiger partial charge in [0.05, 0.1) is 13.7 Å². The van der Waals surface area contributed by atoms with Gasteiger partial charge in [0, 0.05) is 18.9 Å². The summed E-state index contributed by atoms with van der Waals surface area (Å²) in [5.41, 5.74) is 7.03. The number of nitrogens with one attached hydrogen (secondary N) is 1. The predicted molar refractivity (Wildman–Crippen MR) is 92.4 cm³/mol. The summed E-state index contributed by atoms with van der Waals surface area (Å²) < 4.78 is 15.9. The van der Waals surface area contributed by atoms with Gasteiger partial charge < -0.3 is 25.3 Å². The fourth-order valence-corrected chi connectivity index (χ4v) is 2.25. The van der Waals surface area contributed by atoms with E-state index in [1.54, 1.807) is 32.4 Å². The molecule has 3 N–H and O–H groups in total. The number of anilines is 1. The summed E-state index contributed by atoms with van der Waals surface area (Å²) in [6, 6.07) is 14.0. The SMILES string of the molecule is COCCOc1cc(N[C@@H](C(N)=O)c2ccccc2)ccc1OC. The van der Waals surface area contributed by atoms with E-state index in [-0.39, 0.29) is 0 Å². The Morgan fingerprint density at radius 3 is 2.46 bits per heavy atom. The van der Waals surface area contributed by atoms with Crippen molar-refractivity contribution >= 4 is 11.6 Å². The molecule has 6 heteroatoms. The Labute approximate surface area is 141 Å². The molecule has 2 aromatic carbocycles. The van der Waals surface area contributed by atoms with Crippen LogP contribution in [0.3, 0.4) is 0 Å². The van der Waals surface area contributed by atoms with Crippen molar-refractivity contribution in [3.63, 3.8) is 0 Å². The molecule has 0 saturated heterocycles. The number of benzene rings is 2. The summed E-state index contributed by atoms with van der Waals surface area (Å²) in [5.74, 6) is 0.710. The average Bonchev–Trinajstić information content (AvgIpc) is 2.60. The number of rotatable bonds is 9. The Morgan fingerprint density at radius 2 is 1.83 bits per heavy atom. The first-order valence-electron chi connectivity index (χ1n) is 7.56. The normalized spacial score (nSPS) is 11.6. The molecular formula is C18H22N2O4. The lowest BCUT2D eigenvalue weighted by molar-refractivity contribution is -0.118. The Balaban J connectivity index is 2.20. The Hall–Kier alpha value is -2.73. The van der Waals surface area contributed by atoms with E-state index in [0.29, 0.717) is 30.4 Å². The van der Waals surface area contributed by atoms with E-state index in [0.717, 1.165) is 5.56 Å². The van der Waals surface area contributed by atoms with E-state index in [4.69, 9.17) is 19.9 Å². The largest absolute Gasteiger partial charge is 0.493 e. The fraction of sp³-hybridized carbons (Fsp3) is 0.278. The van der Waals surface area contributed by atoms with Crippen molar-refractivity contribution in [2.75, 3.05) is 32.8 Å². The summed E-state index contributed by atoms with van der Waals surface area (Å²) >= 11 is 0. The highest BCUT2D eigenvalue weighted by Crippen LogP contribution is 2.31. The third-order valence-electron chi connectivity index (χ3n) is 3.44. The van der Waals surface area contributed by atoms with E-state index in [9.17, 15) is 4.79 Å². The molecule has 0 unspecified atom stereocenters. The zero-order valence-corrected chi connectivity index (χ0v) is 13.8. The molecule has 0 spiro atoms. The maximum absolute atomic E-state index is 11.8. The van der Waals surface area contributed by atoms with Crippen LogP contribution in [0.25, 0.3) is 0 Å². The summed E-state index contributed by atoms with van der Waals surface area (Å²) in [6.45, 7) is 0.864. The van der Waals surface area contributed by atoms with Gasteiger partial charge in [-0.1, -0.05) is 30.3 Å². The predicted octanol–water partition coefficient (Wildman–Crippen LogP) is 2.36. The lowest BCUT2D eigenvalue weighted by Crippen LogP contribution is -2.27. The highest BCUT2D eigenvalue weighted by molar-refractivity contribution is 5.84. The molecule has 0 saturated carbocycles. The van der Waals surface area contributed by atoms with Crippen LogP contribution in [0.15, 0.2) is 48.5 Å². The van der Waals surface area contributed by atoms with Crippen molar-refractivity contribution in [3.05, 3.63) is 54.1 Å². The van der Waals surface area contributed by atoms with Crippen molar-refractivity contribution in [1.82, 2.24) is 0 Å². The summed E-state index contributed by atoms with van der Waals surface area (Å²) in [6.07, 6.45) is 0. The van der Waals surface area contributed by atoms with Crippen LogP contribution in [-0.2, 0) is 9.53 Å². The van der Waals surface area contributed by atoms with Gasteiger partial charge in [0.25, 0.3) is 0 Å². The fourth-order valence-electron chi connectivity index (χ4n) is 2.25. The maximum atomic E-state index is 11.8. The smallest absolute Gasteiger partial charge is 0.244 e. The van der Waals surface area contributed by atoms with Crippen LogP contribution in [0.2, 0.25) is 0 Å². The molecule has 0 heterocycles. The number of hydrogen-bond donors (Lipinski definition) is 2. The molecule has 0 aliphatic carbocycles. The van der Waals surface area contributed by atoms with Gasteiger partial charge in [0.2, 0.25) is 5.91 Å². The minimum atomic E-state index is -0.633. The maximum Gasteiger partial charge on any atom is 0.244 e. The van der Waals surface area contributed by atoms with Gasteiger partial charge in [-0.25, -0.2) is 0 Å². The number of primary amides is 1. The van der Waals surface area contributed by atoms with Gasteiger partial charge in [0.15, 0.2) is 11.5 Å². The number of carbonyl (C=O) groups excluding carboxylic acids is 1. The van der Waals surface area contributed by atoms with Crippen molar-refractivity contribution in [3.8, 4) is 11.5 Å². The van der Waals surface area contributed by atoms with Crippen molar-refractivity contribution in [2.24, 2.45) is 5.73 Å². The van der Waals surface area contributed by atoms with Crippen LogP contribution in [0, 0.1) is 0 Å². The second-order valence-electron chi connectivity index (χ2n) is 5.10. The van der Waals surface area contributed by atoms with Crippen molar-refractivity contribution < 1.29 is 19.0 Å². The highest BCUT2D eigenvalue weighted by atomic mass is 16.5. The molecule has 2 rings (SSSR count). The molecule has 0 bridgehead atoms. The van der Waals surface area contributed by atoms with Crippen LogP contribution < -0.4 is 20.5 Å².